The summed E-state index contributed by atoms with van der Waals surface area (Å²) >= 11 is 0. The Bertz CT molecular complexity index is 804. The van der Waals surface area contributed by atoms with Gasteiger partial charge in [-0.25, -0.2) is 9.59 Å². The van der Waals surface area contributed by atoms with E-state index in [1.165, 1.54) is 35.8 Å². The van der Waals surface area contributed by atoms with Gasteiger partial charge in [-0.15, -0.1) is 20.4 Å². The molecule has 2 rings (SSSR count). The summed E-state index contributed by atoms with van der Waals surface area (Å²) in [6.07, 6.45) is 0. The Balaban J connectivity index is 1.51. The van der Waals surface area contributed by atoms with Gasteiger partial charge in [-0.2, -0.15) is 0 Å². The van der Waals surface area contributed by atoms with Crippen molar-refractivity contribution < 1.29 is 28.7 Å². The summed E-state index contributed by atoms with van der Waals surface area (Å²) in [6, 6.07) is 0. The van der Waals surface area contributed by atoms with Crippen molar-refractivity contribution >= 4 is 68.7 Å². The molecule has 0 aliphatic carbocycles. The highest BCUT2D eigenvalue weighted by atomic mass is 33.1. The topological polar surface area (TPSA) is 208 Å². The summed E-state index contributed by atoms with van der Waals surface area (Å²) in [4.78, 5) is 46.3. The van der Waals surface area contributed by atoms with Crippen LogP contribution in [0.3, 0.4) is 0 Å². The van der Waals surface area contributed by atoms with E-state index in [2.05, 4.69) is 62.2 Å². The number of carbonyl (C=O) groups is 4. The third-order valence-electron chi connectivity index (χ3n) is 3.31. The third-order valence-corrected chi connectivity index (χ3v) is 5.72. The SMILES string of the molecule is COC(=O)C1=NNC(C(=O)NCCSSCCNC(=O)C2=NNC(C(=O)OC)=NN2)=NN1. The number of amidine groups is 4. The zero-order valence-corrected chi connectivity index (χ0v) is 18.5. The van der Waals surface area contributed by atoms with Gasteiger partial charge in [-0.05, 0) is 0 Å². The lowest BCUT2D eigenvalue weighted by molar-refractivity contribution is -0.133. The summed E-state index contributed by atoms with van der Waals surface area (Å²) < 4.78 is 8.92. The fraction of sp³-hybridized carbons (Fsp3) is 0.429. The van der Waals surface area contributed by atoms with E-state index < -0.39 is 23.8 Å². The van der Waals surface area contributed by atoms with Gasteiger partial charge in [-0.1, -0.05) is 21.6 Å². The molecule has 0 aromatic heterocycles. The molecule has 0 spiro atoms. The first kappa shape index (κ1) is 24.7. The van der Waals surface area contributed by atoms with Gasteiger partial charge in [0.15, 0.2) is 0 Å². The van der Waals surface area contributed by atoms with Crippen molar-refractivity contribution in [3.05, 3.63) is 0 Å². The highest BCUT2D eigenvalue weighted by Crippen LogP contribution is 2.19. The number of nitrogens with one attached hydrogen (secondary N) is 6. The van der Waals surface area contributed by atoms with Crippen molar-refractivity contribution in [2.75, 3.05) is 38.8 Å². The van der Waals surface area contributed by atoms with Gasteiger partial charge < -0.3 is 20.1 Å². The molecule has 6 N–H and O–H groups in total. The lowest BCUT2D eigenvalue weighted by Gasteiger charge is -2.13. The standard InChI is InChI=1S/C14H20N10O6S2/c1-29-13(27)9-21-17-7(18-22-9)11(25)15-3-5-31-32-6-4-16-12(26)8-19-23-10(24-20-8)14(28)30-2/h3-6H2,1-2H3,(H,15,25)(H,16,26)(H,17,18)(H,19,20)(H,21,22)(H,23,24). The van der Waals surface area contributed by atoms with Gasteiger partial charge in [0.05, 0.1) is 14.2 Å². The summed E-state index contributed by atoms with van der Waals surface area (Å²) in [6.45, 7) is 0.730. The van der Waals surface area contributed by atoms with Crippen LogP contribution in [0.15, 0.2) is 20.4 Å². The quantitative estimate of drug-likeness (QED) is 0.0955. The largest absolute Gasteiger partial charge is 0.463 e. The molecule has 32 heavy (non-hydrogen) atoms. The van der Waals surface area contributed by atoms with E-state index in [-0.39, 0.29) is 23.3 Å². The second kappa shape index (κ2) is 13.0. The summed E-state index contributed by atoms with van der Waals surface area (Å²) in [5.41, 5.74) is 9.36. The van der Waals surface area contributed by atoms with E-state index in [0.29, 0.717) is 24.6 Å². The van der Waals surface area contributed by atoms with Crippen molar-refractivity contribution in [3.8, 4) is 0 Å². The van der Waals surface area contributed by atoms with Gasteiger partial charge >= 0.3 is 11.9 Å². The van der Waals surface area contributed by atoms with Crippen LogP contribution in [0.4, 0.5) is 0 Å². The molecular formula is C14H20N10O6S2. The molecule has 174 valence electrons. The maximum absolute atomic E-state index is 11.9. The van der Waals surface area contributed by atoms with E-state index in [0.717, 1.165) is 0 Å². The molecule has 2 aliphatic heterocycles. The van der Waals surface area contributed by atoms with Crippen molar-refractivity contribution in [3.63, 3.8) is 0 Å². The number of hydrogen-bond acceptors (Lipinski definition) is 16. The van der Waals surface area contributed by atoms with Gasteiger partial charge in [0.1, 0.15) is 0 Å². The number of ether oxygens (including phenoxy) is 2. The minimum absolute atomic E-state index is 0.0882. The highest BCUT2D eigenvalue weighted by Gasteiger charge is 2.20. The molecule has 0 fully saturated rings. The second-order valence-corrected chi connectivity index (χ2v) is 8.13. The van der Waals surface area contributed by atoms with Gasteiger partial charge in [0, 0.05) is 24.6 Å². The average molecular weight is 489 g/mol. The molecule has 16 nitrogen and oxygen atoms in total. The average Bonchev–Trinajstić information content (AvgIpc) is 2.84. The molecule has 0 unspecified atom stereocenters. The number of carbonyl (C=O) groups excluding carboxylic acids is 4. The number of hydrazone groups is 4. The molecule has 0 atom stereocenters. The van der Waals surface area contributed by atoms with Crippen LogP contribution in [0.25, 0.3) is 0 Å². The first-order chi connectivity index (χ1) is 15.5. The molecule has 2 aliphatic rings. The lowest BCUT2D eigenvalue weighted by atomic mass is 10.5. The summed E-state index contributed by atoms with van der Waals surface area (Å²) in [7, 11) is 5.38. The van der Waals surface area contributed by atoms with Crippen molar-refractivity contribution in [2.45, 2.75) is 0 Å². The summed E-state index contributed by atoms with van der Waals surface area (Å²) in [5.74, 6) is -1.71. The van der Waals surface area contributed by atoms with Crippen LogP contribution in [-0.4, -0.2) is 85.9 Å². The van der Waals surface area contributed by atoms with Gasteiger partial charge in [-0.3, -0.25) is 31.3 Å². The molecule has 0 bridgehead atoms. The molecule has 0 radical (unpaired) electrons. The number of nitrogens with zero attached hydrogens (tertiary/aromatic N) is 4. The monoisotopic (exact) mass is 488 g/mol. The van der Waals surface area contributed by atoms with Gasteiger partial charge in [0.2, 0.25) is 11.7 Å². The van der Waals surface area contributed by atoms with E-state index >= 15 is 0 Å². The number of rotatable bonds is 11. The van der Waals surface area contributed by atoms with E-state index in [1.54, 1.807) is 0 Å². The highest BCUT2D eigenvalue weighted by molar-refractivity contribution is 8.76. The van der Waals surface area contributed by atoms with Crippen LogP contribution in [0, 0.1) is 0 Å². The molecule has 0 aromatic rings. The Morgan fingerprint density at radius 3 is 1.34 bits per heavy atom. The third kappa shape index (κ3) is 7.61. The molecular weight excluding hydrogens is 468 g/mol. The maximum Gasteiger partial charge on any atom is 0.377 e. The molecule has 2 amide bonds. The van der Waals surface area contributed by atoms with Crippen LogP contribution in [-0.2, 0) is 28.7 Å². The van der Waals surface area contributed by atoms with Crippen molar-refractivity contribution in [1.82, 2.24) is 32.3 Å². The van der Waals surface area contributed by atoms with Crippen LogP contribution in [0.2, 0.25) is 0 Å². The molecule has 18 heteroatoms. The van der Waals surface area contributed by atoms with Crippen LogP contribution >= 0.6 is 21.6 Å². The van der Waals surface area contributed by atoms with E-state index in [1.807, 2.05) is 0 Å². The molecule has 2 heterocycles. The minimum atomic E-state index is -0.716. The van der Waals surface area contributed by atoms with Crippen LogP contribution < -0.4 is 32.3 Å². The Hall–Kier alpha value is -3.54. The van der Waals surface area contributed by atoms with Crippen LogP contribution in [0.5, 0.6) is 0 Å². The normalized spacial score (nSPS) is 14.4. The fourth-order valence-corrected chi connectivity index (χ4v) is 3.63. The Morgan fingerprint density at radius 2 is 1.03 bits per heavy atom. The van der Waals surface area contributed by atoms with E-state index in [9.17, 15) is 19.2 Å². The Labute approximate surface area is 189 Å². The first-order valence-electron chi connectivity index (χ1n) is 8.78. The molecule has 0 saturated carbocycles. The first-order valence-corrected chi connectivity index (χ1v) is 11.3. The lowest BCUT2D eigenvalue weighted by Crippen LogP contribution is -2.46. The van der Waals surface area contributed by atoms with E-state index in [4.69, 9.17) is 0 Å². The number of methoxy groups -OCH3 is 2. The fourth-order valence-electron chi connectivity index (χ4n) is 1.81. The van der Waals surface area contributed by atoms with Crippen LogP contribution in [0.1, 0.15) is 0 Å². The second-order valence-electron chi connectivity index (χ2n) is 5.43. The number of amides is 2. The number of hydrogen-bond donors (Lipinski definition) is 6. The van der Waals surface area contributed by atoms with Crippen molar-refractivity contribution in [1.29, 1.82) is 0 Å². The molecule has 0 saturated heterocycles. The predicted molar refractivity (Wildman–Crippen MR) is 117 cm³/mol. The number of esters is 2. The zero-order valence-electron chi connectivity index (χ0n) is 16.9. The molecule has 0 aromatic carbocycles. The Kier molecular flexibility index (Phi) is 10.0. The van der Waals surface area contributed by atoms with Crippen molar-refractivity contribution in [2.24, 2.45) is 20.4 Å². The van der Waals surface area contributed by atoms with Gasteiger partial charge in [0.25, 0.3) is 23.5 Å². The Morgan fingerprint density at radius 1 is 0.688 bits per heavy atom. The zero-order chi connectivity index (χ0) is 23.3. The maximum atomic E-state index is 11.9. The smallest absolute Gasteiger partial charge is 0.377 e. The minimum Gasteiger partial charge on any atom is -0.463 e. The predicted octanol–water partition coefficient (Wildman–Crippen LogP) is -3.41. The summed E-state index contributed by atoms with van der Waals surface area (Å²) in [5, 5.41) is 20.0.